The highest BCUT2D eigenvalue weighted by Crippen LogP contribution is 2.25. The predicted octanol–water partition coefficient (Wildman–Crippen LogP) is 3.24. The van der Waals surface area contributed by atoms with Crippen molar-refractivity contribution in [3.63, 3.8) is 0 Å². The highest BCUT2D eigenvalue weighted by molar-refractivity contribution is 5.81. The van der Waals surface area contributed by atoms with E-state index in [1.807, 2.05) is 0 Å². The van der Waals surface area contributed by atoms with Crippen molar-refractivity contribution < 1.29 is 17.9 Å². The third-order valence-corrected chi connectivity index (χ3v) is 3.90. The monoisotopic (exact) mass is 360 g/mol. The Hall–Kier alpha value is -3.36. The van der Waals surface area contributed by atoms with Gasteiger partial charge in [0.2, 0.25) is 5.78 Å². The summed E-state index contributed by atoms with van der Waals surface area (Å²) in [4.78, 5) is 13.0. The molecule has 0 unspecified atom stereocenters. The van der Waals surface area contributed by atoms with Crippen LogP contribution in [0.1, 0.15) is 5.82 Å². The summed E-state index contributed by atoms with van der Waals surface area (Å²) in [5.41, 5.74) is 0.401. The molecule has 2 heterocycles. The Morgan fingerprint density at radius 2 is 1.81 bits per heavy atom. The first-order valence-corrected chi connectivity index (χ1v) is 7.57. The summed E-state index contributed by atoms with van der Waals surface area (Å²) >= 11 is 0. The van der Waals surface area contributed by atoms with E-state index in [4.69, 9.17) is 0 Å². The number of ether oxygens (including phenoxy) is 1. The normalized spacial score (nSPS) is 12.0. The van der Waals surface area contributed by atoms with Crippen LogP contribution >= 0.6 is 0 Å². The van der Waals surface area contributed by atoms with E-state index in [1.165, 1.54) is 16.7 Å². The predicted molar refractivity (Wildman–Crippen MR) is 87.5 cm³/mol. The molecule has 0 spiro atoms. The SMILES string of the molecule is Cc1nnc2n(-c3cccc(OC(F)(F)F)c3)c(=O)c3ccccc3n12. The molecule has 132 valence electrons. The summed E-state index contributed by atoms with van der Waals surface area (Å²) in [7, 11) is 0. The van der Waals surface area contributed by atoms with Crippen LogP contribution in [0.15, 0.2) is 53.3 Å². The smallest absolute Gasteiger partial charge is 0.406 e. The highest BCUT2D eigenvalue weighted by Gasteiger charge is 2.31. The van der Waals surface area contributed by atoms with Gasteiger partial charge in [-0.1, -0.05) is 18.2 Å². The van der Waals surface area contributed by atoms with Gasteiger partial charge in [-0.05, 0) is 31.2 Å². The fourth-order valence-corrected chi connectivity index (χ4v) is 2.89. The second kappa shape index (κ2) is 5.58. The van der Waals surface area contributed by atoms with E-state index in [-0.39, 0.29) is 11.5 Å². The lowest BCUT2D eigenvalue weighted by Crippen LogP contribution is -2.22. The number of benzene rings is 2. The van der Waals surface area contributed by atoms with E-state index < -0.39 is 17.7 Å². The third kappa shape index (κ3) is 2.57. The van der Waals surface area contributed by atoms with Gasteiger partial charge in [-0.3, -0.25) is 9.20 Å². The number of aryl methyl sites for hydroxylation is 1. The van der Waals surface area contributed by atoms with Gasteiger partial charge < -0.3 is 4.74 Å². The first-order chi connectivity index (χ1) is 12.3. The standard InChI is InChI=1S/C17H11F3N4O2/c1-10-21-22-16-23(10)14-8-3-2-7-13(14)15(25)24(16)11-5-4-6-12(9-11)26-17(18,19)20/h2-9H,1H3. The van der Waals surface area contributed by atoms with Gasteiger partial charge in [-0.25, -0.2) is 4.57 Å². The first kappa shape index (κ1) is 16.1. The van der Waals surface area contributed by atoms with Gasteiger partial charge in [0.25, 0.3) is 5.56 Å². The van der Waals surface area contributed by atoms with Gasteiger partial charge in [-0.2, -0.15) is 0 Å². The molecule has 0 amide bonds. The van der Waals surface area contributed by atoms with Crippen molar-refractivity contribution in [3.05, 3.63) is 64.7 Å². The molecule has 2 aromatic carbocycles. The molecular formula is C17H11F3N4O2. The van der Waals surface area contributed by atoms with E-state index in [9.17, 15) is 18.0 Å². The zero-order valence-electron chi connectivity index (χ0n) is 13.4. The van der Waals surface area contributed by atoms with Gasteiger partial charge in [0.1, 0.15) is 11.6 Å². The number of fused-ring (bicyclic) bond motifs is 3. The summed E-state index contributed by atoms with van der Waals surface area (Å²) in [6, 6.07) is 12.1. The van der Waals surface area contributed by atoms with E-state index in [1.54, 1.807) is 35.6 Å². The molecule has 4 rings (SSSR count). The van der Waals surface area contributed by atoms with Crippen molar-refractivity contribution in [2.45, 2.75) is 13.3 Å². The molecule has 26 heavy (non-hydrogen) atoms. The molecule has 9 heteroatoms. The lowest BCUT2D eigenvalue weighted by atomic mass is 10.2. The van der Waals surface area contributed by atoms with Crippen molar-refractivity contribution in [1.29, 1.82) is 0 Å². The summed E-state index contributed by atoms with van der Waals surface area (Å²) in [6.07, 6.45) is -4.83. The number of hydrogen-bond donors (Lipinski definition) is 0. The minimum atomic E-state index is -4.83. The van der Waals surface area contributed by atoms with Crippen LogP contribution in [-0.2, 0) is 0 Å². The zero-order chi connectivity index (χ0) is 18.5. The van der Waals surface area contributed by atoms with E-state index >= 15 is 0 Å². The number of hydrogen-bond acceptors (Lipinski definition) is 4. The zero-order valence-corrected chi connectivity index (χ0v) is 13.4. The topological polar surface area (TPSA) is 61.4 Å². The third-order valence-electron chi connectivity index (χ3n) is 3.90. The molecule has 0 atom stereocenters. The maximum atomic E-state index is 13.0. The fraction of sp³-hybridized carbons (Fsp3) is 0.118. The molecule has 0 fully saturated rings. The van der Waals surface area contributed by atoms with E-state index in [0.29, 0.717) is 16.7 Å². The van der Waals surface area contributed by atoms with Gasteiger partial charge in [-0.15, -0.1) is 23.4 Å². The largest absolute Gasteiger partial charge is 0.573 e. The number of nitrogens with zero attached hydrogens (tertiary/aromatic N) is 4. The quantitative estimate of drug-likeness (QED) is 0.551. The molecule has 0 saturated heterocycles. The molecule has 0 aliphatic rings. The Balaban J connectivity index is 2.04. The second-order valence-electron chi connectivity index (χ2n) is 5.59. The summed E-state index contributed by atoms with van der Waals surface area (Å²) in [5, 5.41) is 8.41. The number of rotatable bonds is 2. The first-order valence-electron chi connectivity index (χ1n) is 7.57. The lowest BCUT2D eigenvalue weighted by molar-refractivity contribution is -0.274. The van der Waals surface area contributed by atoms with Crippen LogP contribution in [0.2, 0.25) is 0 Å². The van der Waals surface area contributed by atoms with Gasteiger partial charge in [0, 0.05) is 6.07 Å². The number of aromatic nitrogens is 4. The fourth-order valence-electron chi connectivity index (χ4n) is 2.89. The van der Waals surface area contributed by atoms with Crippen LogP contribution in [0, 0.1) is 6.92 Å². The van der Waals surface area contributed by atoms with Crippen molar-refractivity contribution in [3.8, 4) is 11.4 Å². The van der Waals surface area contributed by atoms with Gasteiger partial charge >= 0.3 is 6.36 Å². The van der Waals surface area contributed by atoms with Crippen molar-refractivity contribution in [2.75, 3.05) is 0 Å². The van der Waals surface area contributed by atoms with Crippen molar-refractivity contribution in [1.82, 2.24) is 19.2 Å². The Bertz CT molecular complexity index is 1190. The Labute approximate surface area is 144 Å². The highest BCUT2D eigenvalue weighted by atomic mass is 19.4. The van der Waals surface area contributed by atoms with E-state index in [2.05, 4.69) is 14.9 Å². The van der Waals surface area contributed by atoms with Gasteiger partial charge in [0.15, 0.2) is 0 Å². The number of para-hydroxylation sites is 1. The Morgan fingerprint density at radius 1 is 1.04 bits per heavy atom. The van der Waals surface area contributed by atoms with Gasteiger partial charge in [0.05, 0.1) is 16.6 Å². The molecule has 0 bridgehead atoms. The molecule has 0 radical (unpaired) electrons. The minimum absolute atomic E-state index is 0.194. The van der Waals surface area contributed by atoms with Crippen LogP contribution in [0.5, 0.6) is 5.75 Å². The summed E-state index contributed by atoms with van der Waals surface area (Å²) in [6.45, 7) is 1.73. The van der Waals surface area contributed by atoms with Crippen LogP contribution < -0.4 is 10.3 Å². The van der Waals surface area contributed by atoms with Crippen molar-refractivity contribution >= 4 is 16.7 Å². The molecule has 0 N–H and O–H groups in total. The molecule has 2 aromatic heterocycles. The Kier molecular flexibility index (Phi) is 3.46. The maximum Gasteiger partial charge on any atom is 0.573 e. The number of halogens is 3. The molecule has 0 aliphatic heterocycles. The molecule has 6 nitrogen and oxygen atoms in total. The Morgan fingerprint density at radius 3 is 2.58 bits per heavy atom. The lowest BCUT2D eigenvalue weighted by Gasteiger charge is -2.13. The van der Waals surface area contributed by atoms with Crippen molar-refractivity contribution in [2.24, 2.45) is 0 Å². The number of alkyl halides is 3. The van der Waals surface area contributed by atoms with Crippen LogP contribution in [0.3, 0.4) is 0 Å². The summed E-state index contributed by atoms with van der Waals surface area (Å²) in [5.74, 6) is 0.326. The molecule has 0 saturated carbocycles. The molecular weight excluding hydrogens is 349 g/mol. The minimum Gasteiger partial charge on any atom is -0.406 e. The molecule has 0 aliphatic carbocycles. The molecule has 4 aromatic rings. The van der Waals surface area contributed by atoms with Crippen LogP contribution in [-0.4, -0.2) is 25.5 Å². The van der Waals surface area contributed by atoms with Crippen LogP contribution in [0.4, 0.5) is 13.2 Å². The maximum absolute atomic E-state index is 13.0. The van der Waals surface area contributed by atoms with E-state index in [0.717, 1.165) is 12.1 Å². The average Bonchev–Trinajstić information content (AvgIpc) is 2.96. The summed E-state index contributed by atoms with van der Waals surface area (Å²) < 4.78 is 44.3. The average molecular weight is 360 g/mol. The van der Waals surface area contributed by atoms with Crippen LogP contribution in [0.25, 0.3) is 22.4 Å². The second-order valence-corrected chi connectivity index (χ2v) is 5.59.